The number of esters is 1. The van der Waals surface area contributed by atoms with Gasteiger partial charge in [0.1, 0.15) is 5.56 Å². The molecule has 1 heterocycles. The first-order chi connectivity index (χ1) is 11.5. The van der Waals surface area contributed by atoms with Crippen molar-refractivity contribution in [1.29, 1.82) is 0 Å². The molecule has 2 rings (SSSR count). The second-order valence-electron chi connectivity index (χ2n) is 5.59. The number of pyridine rings is 1. The van der Waals surface area contributed by atoms with Crippen molar-refractivity contribution in [3.8, 4) is 0 Å². The summed E-state index contributed by atoms with van der Waals surface area (Å²) in [5.41, 5.74) is 0.279. The first-order valence-corrected chi connectivity index (χ1v) is 7.70. The zero-order chi connectivity index (χ0) is 17.5. The summed E-state index contributed by atoms with van der Waals surface area (Å²) in [6.07, 6.45) is 1.20. The number of nitrogens with one attached hydrogen (secondary N) is 2. The van der Waals surface area contributed by atoms with Crippen LogP contribution in [-0.2, 0) is 9.53 Å². The fraction of sp³-hybridized carbons (Fsp3) is 0.278. The maximum atomic E-state index is 12.4. The Labute approximate surface area is 139 Å². The van der Waals surface area contributed by atoms with Crippen LogP contribution in [0.3, 0.4) is 0 Å². The van der Waals surface area contributed by atoms with Crippen molar-refractivity contribution in [2.75, 3.05) is 0 Å². The molecule has 0 fully saturated rings. The van der Waals surface area contributed by atoms with Crippen molar-refractivity contribution < 1.29 is 14.3 Å². The molecule has 1 aromatic carbocycles. The summed E-state index contributed by atoms with van der Waals surface area (Å²) < 4.78 is 5.16. The highest BCUT2D eigenvalue weighted by Crippen LogP contribution is 2.18. The van der Waals surface area contributed by atoms with E-state index in [1.807, 2.05) is 30.3 Å². The molecule has 1 atom stereocenters. The minimum atomic E-state index is -0.579. The third kappa shape index (κ3) is 4.81. The SMILES string of the molecule is CC(C)OC(=O)C[C@@H](NC(=O)c1ccc[nH]c1=O)c1ccccc1. The number of amides is 1. The molecule has 1 aromatic heterocycles. The summed E-state index contributed by atoms with van der Waals surface area (Å²) in [5, 5.41) is 2.73. The maximum absolute atomic E-state index is 12.4. The van der Waals surface area contributed by atoms with Crippen molar-refractivity contribution in [3.05, 3.63) is 70.1 Å². The normalized spacial score (nSPS) is 11.8. The third-order valence-electron chi connectivity index (χ3n) is 3.31. The molecule has 1 amide bonds. The lowest BCUT2D eigenvalue weighted by atomic mass is 10.0. The molecule has 0 radical (unpaired) electrons. The Morgan fingerprint density at radius 1 is 1.12 bits per heavy atom. The molecule has 0 aliphatic heterocycles. The number of carbonyl (C=O) groups excluding carboxylic acids is 2. The van der Waals surface area contributed by atoms with Crippen molar-refractivity contribution in [1.82, 2.24) is 10.3 Å². The summed E-state index contributed by atoms with van der Waals surface area (Å²) in [6.45, 7) is 3.52. The fourth-order valence-corrected chi connectivity index (χ4v) is 2.25. The molecular formula is C18H20N2O4. The Bertz CT molecular complexity index is 753. The number of H-pyrrole nitrogens is 1. The highest BCUT2D eigenvalue weighted by molar-refractivity contribution is 5.94. The van der Waals surface area contributed by atoms with Crippen LogP contribution in [0.2, 0.25) is 0 Å². The van der Waals surface area contributed by atoms with Crippen molar-refractivity contribution in [3.63, 3.8) is 0 Å². The molecular weight excluding hydrogens is 308 g/mol. The standard InChI is InChI=1S/C18H20N2O4/c1-12(2)24-16(21)11-15(13-7-4-3-5-8-13)20-18(23)14-9-6-10-19-17(14)22/h3-10,12,15H,11H2,1-2H3,(H,19,22)(H,20,23)/t15-/m1/s1. The molecule has 6 heteroatoms. The largest absolute Gasteiger partial charge is 0.463 e. The third-order valence-corrected chi connectivity index (χ3v) is 3.31. The van der Waals surface area contributed by atoms with Gasteiger partial charge in [0.2, 0.25) is 0 Å². The average molecular weight is 328 g/mol. The number of rotatable bonds is 6. The number of benzene rings is 1. The first-order valence-electron chi connectivity index (χ1n) is 7.70. The Morgan fingerprint density at radius 2 is 1.83 bits per heavy atom. The second kappa shape index (κ2) is 8.10. The zero-order valence-electron chi connectivity index (χ0n) is 13.6. The minimum Gasteiger partial charge on any atom is -0.463 e. The smallest absolute Gasteiger partial charge is 0.308 e. The molecule has 2 aromatic rings. The number of hydrogen-bond donors (Lipinski definition) is 2. The van der Waals surface area contributed by atoms with E-state index in [9.17, 15) is 14.4 Å². The highest BCUT2D eigenvalue weighted by atomic mass is 16.5. The van der Waals surface area contributed by atoms with Gasteiger partial charge in [-0.25, -0.2) is 0 Å². The summed E-state index contributed by atoms with van der Waals surface area (Å²) in [7, 11) is 0. The van der Waals surface area contributed by atoms with E-state index in [1.165, 1.54) is 12.3 Å². The Morgan fingerprint density at radius 3 is 2.46 bits per heavy atom. The molecule has 24 heavy (non-hydrogen) atoms. The molecule has 0 aliphatic rings. The summed E-state index contributed by atoms with van der Waals surface area (Å²) in [4.78, 5) is 38.5. The van der Waals surface area contributed by atoms with Crippen LogP contribution in [0.25, 0.3) is 0 Å². The quantitative estimate of drug-likeness (QED) is 0.796. The summed E-state index contributed by atoms with van der Waals surface area (Å²) in [6, 6.07) is 11.5. The first kappa shape index (κ1) is 17.5. The van der Waals surface area contributed by atoms with Gasteiger partial charge in [-0.2, -0.15) is 0 Å². The van der Waals surface area contributed by atoms with Crippen LogP contribution >= 0.6 is 0 Å². The topological polar surface area (TPSA) is 88.3 Å². The van der Waals surface area contributed by atoms with Crippen LogP contribution in [-0.4, -0.2) is 23.0 Å². The van der Waals surface area contributed by atoms with Crippen LogP contribution in [0.4, 0.5) is 0 Å². The zero-order valence-corrected chi connectivity index (χ0v) is 13.6. The van der Waals surface area contributed by atoms with Crippen LogP contribution in [0.1, 0.15) is 42.2 Å². The molecule has 0 saturated carbocycles. The summed E-state index contributed by atoms with van der Waals surface area (Å²) >= 11 is 0. The van der Waals surface area contributed by atoms with Gasteiger partial charge in [0.05, 0.1) is 18.6 Å². The highest BCUT2D eigenvalue weighted by Gasteiger charge is 2.21. The lowest BCUT2D eigenvalue weighted by molar-refractivity contribution is -0.147. The average Bonchev–Trinajstić information content (AvgIpc) is 2.54. The van der Waals surface area contributed by atoms with Gasteiger partial charge in [-0.15, -0.1) is 0 Å². The van der Waals surface area contributed by atoms with E-state index < -0.39 is 23.5 Å². The van der Waals surface area contributed by atoms with Crippen molar-refractivity contribution >= 4 is 11.9 Å². The number of ether oxygens (including phenoxy) is 1. The Hall–Kier alpha value is -2.89. The van der Waals surface area contributed by atoms with E-state index in [4.69, 9.17) is 4.74 Å². The van der Waals surface area contributed by atoms with Crippen molar-refractivity contribution in [2.24, 2.45) is 0 Å². The van der Waals surface area contributed by atoms with E-state index >= 15 is 0 Å². The molecule has 2 N–H and O–H groups in total. The molecule has 126 valence electrons. The van der Waals surface area contributed by atoms with Gasteiger partial charge in [0, 0.05) is 6.20 Å². The van der Waals surface area contributed by atoms with Gasteiger partial charge in [0.25, 0.3) is 11.5 Å². The minimum absolute atomic E-state index is 0.00402. The lowest BCUT2D eigenvalue weighted by Crippen LogP contribution is -2.34. The van der Waals surface area contributed by atoms with Gasteiger partial charge in [-0.1, -0.05) is 30.3 Å². The van der Waals surface area contributed by atoms with Crippen LogP contribution in [0, 0.1) is 0 Å². The van der Waals surface area contributed by atoms with Crippen LogP contribution in [0.15, 0.2) is 53.5 Å². The van der Waals surface area contributed by atoms with E-state index in [-0.39, 0.29) is 18.1 Å². The second-order valence-corrected chi connectivity index (χ2v) is 5.59. The predicted molar refractivity (Wildman–Crippen MR) is 89.6 cm³/mol. The van der Waals surface area contributed by atoms with Gasteiger partial charge >= 0.3 is 5.97 Å². The Kier molecular flexibility index (Phi) is 5.89. The van der Waals surface area contributed by atoms with Crippen LogP contribution < -0.4 is 10.9 Å². The van der Waals surface area contributed by atoms with Gasteiger partial charge in [-0.05, 0) is 31.5 Å². The van der Waals surface area contributed by atoms with Gasteiger partial charge in [-0.3, -0.25) is 14.4 Å². The van der Waals surface area contributed by atoms with Gasteiger partial charge in [0.15, 0.2) is 0 Å². The molecule has 0 bridgehead atoms. The maximum Gasteiger partial charge on any atom is 0.308 e. The van der Waals surface area contributed by atoms with E-state index in [2.05, 4.69) is 10.3 Å². The van der Waals surface area contributed by atoms with Crippen LogP contribution in [0.5, 0.6) is 0 Å². The molecule has 0 unspecified atom stereocenters. The lowest BCUT2D eigenvalue weighted by Gasteiger charge is -2.19. The molecule has 0 aliphatic carbocycles. The summed E-state index contributed by atoms with van der Waals surface area (Å²) in [5.74, 6) is -0.954. The monoisotopic (exact) mass is 328 g/mol. The molecule has 0 saturated heterocycles. The predicted octanol–water partition coefficient (Wildman–Crippen LogP) is 2.19. The van der Waals surface area contributed by atoms with Gasteiger partial charge < -0.3 is 15.0 Å². The Balaban J connectivity index is 2.20. The fourth-order valence-electron chi connectivity index (χ4n) is 2.25. The number of aromatic nitrogens is 1. The molecule has 6 nitrogen and oxygen atoms in total. The van der Waals surface area contributed by atoms with E-state index in [0.717, 1.165) is 5.56 Å². The van der Waals surface area contributed by atoms with Crippen molar-refractivity contribution in [2.45, 2.75) is 32.4 Å². The number of hydrogen-bond acceptors (Lipinski definition) is 4. The molecule has 0 spiro atoms. The number of aromatic amines is 1. The van der Waals surface area contributed by atoms with E-state index in [0.29, 0.717) is 0 Å². The number of carbonyl (C=O) groups is 2. The van der Waals surface area contributed by atoms with E-state index in [1.54, 1.807) is 19.9 Å².